The summed E-state index contributed by atoms with van der Waals surface area (Å²) in [5, 5.41) is 3.93. The first-order valence-electron chi connectivity index (χ1n) is 6.51. The van der Waals surface area contributed by atoms with Crippen molar-refractivity contribution in [2.45, 2.75) is 0 Å². The second kappa shape index (κ2) is 6.36. The summed E-state index contributed by atoms with van der Waals surface area (Å²) in [6.07, 6.45) is 0. The number of halogens is 3. The van der Waals surface area contributed by atoms with Gasteiger partial charge in [0.2, 0.25) is 11.9 Å². The molecule has 0 atom stereocenters. The number of rotatable bonds is 3. The van der Waals surface area contributed by atoms with Gasteiger partial charge in [-0.2, -0.15) is 15.0 Å². The molecule has 3 N–H and O–H groups in total. The number of hydrogen-bond donors (Lipinski definition) is 2. The van der Waals surface area contributed by atoms with Crippen LogP contribution in [0.3, 0.4) is 0 Å². The number of nitrogens with zero attached hydrogens (tertiary/aromatic N) is 3. The molecule has 0 bridgehead atoms. The summed E-state index contributed by atoms with van der Waals surface area (Å²) in [6.45, 7) is 0. The van der Waals surface area contributed by atoms with E-state index >= 15 is 0 Å². The normalized spacial score (nSPS) is 10.6. The van der Waals surface area contributed by atoms with Gasteiger partial charge in [0.15, 0.2) is 5.82 Å². The first-order valence-corrected chi connectivity index (χ1v) is 7.26. The summed E-state index contributed by atoms with van der Waals surface area (Å²) < 4.78 is 14.0. The molecule has 0 radical (unpaired) electrons. The predicted octanol–water partition coefficient (Wildman–Crippen LogP) is 4.31. The van der Waals surface area contributed by atoms with Crippen LogP contribution in [0.2, 0.25) is 10.0 Å². The van der Waals surface area contributed by atoms with E-state index < -0.39 is 5.82 Å². The highest BCUT2D eigenvalue weighted by Gasteiger charge is 2.12. The van der Waals surface area contributed by atoms with Crippen LogP contribution in [0.5, 0.6) is 0 Å². The molecule has 0 fully saturated rings. The van der Waals surface area contributed by atoms with Crippen LogP contribution in [0.4, 0.5) is 22.0 Å². The maximum absolute atomic E-state index is 14.0. The fourth-order valence-electron chi connectivity index (χ4n) is 1.90. The number of nitrogens with two attached hydrogens (primary N) is 1. The van der Waals surface area contributed by atoms with Crippen molar-refractivity contribution < 1.29 is 4.39 Å². The average molecular weight is 350 g/mol. The minimum absolute atomic E-state index is 0.0363. The molecule has 1 heterocycles. The van der Waals surface area contributed by atoms with Crippen molar-refractivity contribution in [3.63, 3.8) is 0 Å². The molecule has 0 unspecified atom stereocenters. The second-order valence-corrected chi connectivity index (χ2v) is 5.47. The fourth-order valence-corrected chi connectivity index (χ4v) is 2.20. The summed E-state index contributed by atoms with van der Waals surface area (Å²) in [6, 6.07) is 11.0. The summed E-state index contributed by atoms with van der Waals surface area (Å²) >= 11 is 11.7. The Morgan fingerprint density at radius 1 is 0.913 bits per heavy atom. The molecule has 0 amide bonds. The van der Waals surface area contributed by atoms with Gasteiger partial charge in [-0.05, 0) is 42.5 Å². The minimum atomic E-state index is -0.502. The molecule has 0 saturated carbocycles. The summed E-state index contributed by atoms with van der Waals surface area (Å²) in [5.74, 6) is -0.258. The lowest BCUT2D eigenvalue weighted by molar-refractivity contribution is 0.630. The third-order valence-corrected chi connectivity index (χ3v) is 3.41. The lowest BCUT2D eigenvalue weighted by atomic mass is 10.2. The quantitative estimate of drug-likeness (QED) is 0.736. The predicted molar refractivity (Wildman–Crippen MR) is 89.4 cm³/mol. The molecule has 0 aliphatic rings. The number of hydrogen-bond acceptors (Lipinski definition) is 5. The smallest absolute Gasteiger partial charge is 0.232 e. The van der Waals surface area contributed by atoms with Gasteiger partial charge in [0.25, 0.3) is 0 Å². The zero-order valence-corrected chi connectivity index (χ0v) is 13.1. The monoisotopic (exact) mass is 349 g/mol. The molecule has 0 spiro atoms. The number of anilines is 3. The van der Waals surface area contributed by atoms with Gasteiger partial charge >= 0.3 is 0 Å². The Morgan fingerprint density at radius 3 is 2.35 bits per heavy atom. The van der Waals surface area contributed by atoms with Crippen LogP contribution < -0.4 is 11.1 Å². The van der Waals surface area contributed by atoms with E-state index in [0.29, 0.717) is 15.7 Å². The SMILES string of the molecule is Nc1nc(Nc2ccc(Cl)cc2)nc(-c2cc(Cl)ccc2F)n1. The summed E-state index contributed by atoms with van der Waals surface area (Å²) in [7, 11) is 0. The van der Waals surface area contributed by atoms with Crippen molar-refractivity contribution >= 4 is 40.8 Å². The number of aromatic nitrogens is 3. The molecular formula is C15H10Cl2FN5. The first-order chi connectivity index (χ1) is 11.0. The Kier molecular flexibility index (Phi) is 4.27. The Bertz CT molecular complexity index is 855. The topological polar surface area (TPSA) is 76.7 Å². The van der Waals surface area contributed by atoms with Crippen LogP contribution in [-0.4, -0.2) is 15.0 Å². The maximum atomic E-state index is 14.0. The van der Waals surface area contributed by atoms with Crippen molar-refractivity contribution in [1.29, 1.82) is 0 Å². The molecule has 8 heteroatoms. The van der Waals surface area contributed by atoms with Crippen molar-refractivity contribution in [1.82, 2.24) is 15.0 Å². The lowest BCUT2D eigenvalue weighted by Gasteiger charge is -2.08. The summed E-state index contributed by atoms with van der Waals surface area (Å²) in [4.78, 5) is 12.1. The molecule has 0 aliphatic heterocycles. The number of benzene rings is 2. The van der Waals surface area contributed by atoms with E-state index in [2.05, 4.69) is 20.3 Å². The molecular weight excluding hydrogens is 340 g/mol. The molecule has 5 nitrogen and oxygen atoms in total. The molecule has 2 aromatic carbocycles. The van der Waals surface area contributed by atoms with Crippen molar-refractivity contribution in [2.24, 2.45) is 0 Å². The van der Waals surface area contributed by atoms with Crippen LogP contribution in [0.25, 0.3) is 11.4 Å². The van der Waals surface area contributed by atoms with Gasteiger partial charge in [-0.25, -0.2) is 4.39 Å². The average Bonchev–Trinajstić information content (AvgIpc) is 2.51. The largest absolute Gasteiger partial charge is 0.368 e. The minimum Gasteiger partial charge on any atom is -0.368 e. The van der Waals surface area contributed by atoms with Gasteiger partial charge in [0.05, 0.1) is 5.56 Å². The lowest BCUT2D eigenvalue weighted by Crippen LogP contribution is -2.05. The van der Waals surface area contributed by atoms with Crippen LogP contribution in [-0.2, 0) is 0 Å². The zero-order valence-electron chi connectivity index (χ0n) is 11.6. The standard InChI is InChI=1S/C15H10Cl2FN5/c16-8-1-4-10(5-2-8)20-15-22-13(21-14(19)23-15)11-7-9(17)3-6-12(11)18/h1-7H,(H3,19,20,21,22,23). The van der Waals surface area contributed by atoms with Gasteiger partial charge in [-0.1, -0.05) is 23.2 Å². The van der Waals surface area contributed by atoms with Gasteiger partial charge in [0, 0.05) is 15.7 Å². The zero-order chi connectivity index (χ0) is 16.4. The maximum Gasteiger partial charge on any atom is 0.232 e. The van der Waals surface area contributed by atoms with E-state index in [1.54, 1.807) is 24.3 Å². The molecule has 0 aliphatic carbocycles. The molecule has 116 valence electrons. The third-order valence-electron chi connectivity index (χ3n) is 2.92. The highest BCUT2D eigenvalue weighted by atomic mass is 35.5. The molecule has 0 saturated heterocycles. The van der Waals surface area contributed by atoms with Crippen LogP contribution in [0.15, 0.2) is 42.5 Å². The van der Waals surface area contributed by atoms with E-state index in [1.165, 1.54) is 18.2 Å². The van der Waals surface area contributed by atoms with Crippen LogP contribution in [0.1, 0.15) is 0 Å². The van der Waals surface area contributed by atoms with Gasteiger partial charge in [-0.3, -0.25) is 0 Å². The highest BCUT2D eigenvalue weighted by molar-refractivity contribution is 6.31. The molecule has 3 rings (SSSR count). The molecule has 23 heavy (non-hydrogen) atoms. The molecule has 3 aromatic rings. The van der Waals surface area contributed by atoms with Crippen molar-refractivity contribution in [2.75, 3.05) is 11.1 Å². The van der Waals surface area contributed by atoms with Gasteiger partial charge in [0.1, 0.15) is 5.82 Å². The molecule has 1 aromatic heterocycles. The Balaban J connectivity index is 1.99. The highest BCUT2D eigenvalue weighted by Crippen LogP contribution is 2.25. The number of nitrogen functional groups attached to an aromatic ring is 1. The van der Waals surface area contributed by atoms with Crippen molar-refractivity contribution in [3.05, 3.63) is 58.3 Å². The van der Waals surface area contributed by atoms with E-state index in [1.807, 2.05) is 0 Å². The Labute approximate surface area is 141 Å². The van der Waals surface area contributed by atoms with Crippen molar-refractivity contribution in [3.8, 4) is 11.4 Å². The fraction of sp³-hybridized carbons (Fsp3) is 0. The second-order valence-electron chi connectivity index (χ2n) is 4.60. The first kappa shape index (κ1) is 15.5. The Hall–Kier alpha value is -2.44. The number of nitrogens with one attached hydrogen (secondary N) is 1. The van der Waals surface area contributed by atoms with E-state index in [9.17, 15) is 4.39 Å². The van der Waals surface area contributed by atoms with E-state index in [0.717, 1.165) is 0 Å². The van der Waals surface area contributed by atoms with Gasteiger partial charge in [-0.15, -0.1) is 0 Å². The van der Waals surface area contributed by atoms with Crippen LogP contribution >= 0.6 is 23.2 Å². The van der Waals surface area contributed by atoms with Gasteiger partial charge < -0.3 is 11.1 Å². The third kappa shape index (κ3) is 3.67. The Morgan fingerprint density at radius 2 is 1.61 bits per heavy atom. The van der Waals surface area contributed by atoms with E-state index in [-0.39, 0.29) is 23.3 Å². The summed E-state index contributed by atoms with van der Waals surface area (Å²) in [5.41, 5.74) is 6.53. The van der Waals surface area contributed by atoms with Crippen LogP contribution in [0, 0.1) is 5.82 Å². The van der Waals surface area contributed by atoms with E-state index in [4.69, 9.17) is 28.9 Å².